The van der Waals surface area contributed by atoms with Gasteiger partial charge < -0.3 is 29.1 Å². The van der Waals surface area contributed by atoms with Gasteiger partial charge in [-0.3, -0.25) is 9.59 Å². The number of furan rings is 1. The third kappa shape index (κ3) is 4.32. The lowest BCUT2D eigenvalue weighted by Crippen LogP contribution is -2.31. The van der Waals surface area contributed by atoms with Crippen molar-refractivity contribution >= 4 is 22.8 Å². The molecule has 8 heteroatoms. The fraction of sp³-hybridized carbons (Fsp3) is 0.273. The van der Waals surface area contributed by atoms with Gasteiger partial charge in [-0.1, -0.05) is 6.07 Å². The molecule has 0 radical (unpaired) electrons. The molecule has 0 spiro atoms. The number of hydrogen-bond acceptors (Lipinski definition) is 7. The lowest BCUT2D eigenvalue weighted by molar-refractivity contribution is -0.148. The molecule has 1 amide bonds. The summed E-state index contributed by atoms with van der Waals surface area (Å²) in [5.74, 6) is 0.446. The Hall–Kier alpha value is -3.68. The van der Waals surface area contributed by atoms with Crippen LogP contribution in [0, 0.1) is 0 Å². The van der Waals surface area contributed by atoms with E-state index in [1.165, 1.54) is 18.4 Å². The van der Waals surface area contributed by atoms with Gasteiger partial charge in [-0.15, -0.1) is 0 Å². The van der Waals surface area contributed by atoms with Crippen LogP contribution in [0.5, 0.6) is 17.2 Å². The molecule has 0 fully saturated rings. The van der Waals surface area contributed by atoms with Crippen LogP contribution in [0.4, 0.5) is 0 Å². The molecule has 4 rings (SSSR count). The predicted octanol–water partition coefficient (Wildman–Crippen LogP) is 2.87. The van der Waals surface area contributed by atoms with E-state index >= 15 is 0 Å². The van der Waals surface area contributed by atoms with Gasteiger partial charge in [-0.05, 0) is 36.8 Å². The Morgan fingerprint density at radius 1 is 1.13 bits per heavy atom. The molecule has 0 saturated heterocycles. The molecule has 0 bridgehead atoms. The number of carbonyl (C=O) groups excluding carboxylic acids is 2. The van der Waals surface area contributed by atoms with E-state index in [1.54, 1.807) is 6.07 Å². The highest BCUT2D eigenvalue weighted by Gasteiger charge is 2.17. The topological polar surface area (TPSA) is 107 Å². The molecule has 3 aromatic rings. The Kier molecular flexibility index (Phi) is 5.47. The second kappa shape index (κ2) is 8.36. The molecular weight excluding hydrogens is 390 g/mol. The Morgan fingerprint density at radius 3 is 2.77 bits per heavy atom. The number of rotatable bonds is 6. The molecule has 1 aromatic heterocycles. The summed E-state index contributed by atoms with van der Waals surface area (Å²) >= 11 is 0. The first-order chi connectivity index (χ1) is 14.5. The minimum Gasteiger partial charge on any atom is -0.508 e. The summed E-state index contributed by atoms with van der Waals surface area (Å²) in [6, 6.07) is 9.84. The van der Waals surface area contributed by atoms with Gasteiger partial charge in [0.25, 0.3) is 5.91 Å². The summed E-state index contributed by atoms with van der Waals surface area (Å²) in [6.07, 6.45) is 1.40. The van der Waals surface area contributed by atoms with Gasteiger partial charge in [0.05, 0.1) is 18.7 Å². The summed E-state index contributed by atoms with van der Waals surface area (Å²) in [5, 5.41) is 13.0. The third-order valence-electron chi connectivity index (χ3n) is 4.78. The van der Waals surface area contributed by atoms with E-state index in [0.717, 1.165) is 5.56 Å². The first-order valence-electron chi connectivity index (χ1n) is 9.53. The molecular formula is C22H21NO7. The van der Waals surface area contributed by atoms with Gasteiger partial charge in [0.1, 0.15) is 24.5 Å². The summed E-state index contributed by atoms with van der Waals surface area (Å²) in [6.45, 7) is 2.45. The molecule has 8 nitrogen and oxygen atoms in total. The number of fused-ring (bicyclic) bond motifs is 2. The molecule has 30 heavy (non-hydrogen) atoms. The van der Waals surface area contributed by atoms with Gasteiger partial charge >= 0.3 is 5.97 Å². The van der Waals surface area contributed by atoms with Gasteiger partial charge in [-0.25, -0.2) is 0 Å². The molecule has 0 unspecified atom stereocenters. The van der Waals surface area contributed by atoms with Crippen LogP contribution in [0.15, 0.2) is 47.1 Å². The van der Waals surface area contributed by atoms with Crippen molar-refractivity contribution in [2.75, 3.05) is 19.8 Å². The first-order valence-corrected chi connectivity index (χ1v) is 9.53. The molecule has 0 aliphatic carbocycles. The smallest absolute Gasteiger partial charge is 0.310 e. The van der Waals surface area contributed by atoms with Crippen LogP contribution in [0.2, 0.25) is 0 Å². The summed E-state index contributed by atoms with van der Waals surface area (Å²) in [7, 11) is 0. The summed E-state index contributed by atoms with van der Waals surface area (Å²) in [4.78, 5) is 24.3. The number of phenolic OH excluding ortho intramolecular Hbond substituents is 1. The average Bonchev–Trinajstić information content (AvgIpc) is 3.13. The first kappa shape index (κ1) is 19.6. The lowest BCUT2D eigenvalue weighted by Gasteiger charge is -2.21. The van der Waals surface area contributed by atoms with Gasteiger partial charge in [0.15, 0.2) is 18.1 Å². The molecule has 1 atom stereocenters. The number of carbonyl (C=O) groups is 2. The second-order valence-corrected chi connectivity index (χ2v) is 6.97. The number of aromatic hydroxyl groups is 1. The van der Waals surface area contributed by atoms with E-state index < -0.39 is 11.9 Å². The number of hydrogen-bond donors (Lipinski definition) is 2. The molecule has 156 valence electrons. The maximum atomic E-state index is 12.2. The van der Waals surface area contributed by atoms with E-state index in [4.69, 9.17) is 18.6 Å². The average molecular weight is 411 g/mol. The number of benzene rings is 2. The van der Waals surface area contributed by atoms with Crippen LogP contribution in [0.3, 0.4) is 0 Å². The highest BCUT2D eigenvalue weighted by molar-refractivity contribution is 5.87. The highest BCUT2D eigenvalue weighted by atomic mass is 16.6. The predicted molar refractivity (Wildman–Crippen MR) is 107 cm³/mol. The fourth-order valence-electron chi connectivity index (χ4n) is 3.26. The fourth-order valence-corrected chi connectivity index (χ4v) is 3.26. The zero-order valence-corrected chi connectivity index (χ0v) is 16.3. The van der Waals surface area contributed by atoms with Crippen molar-refractivity contribution in [1.82, 2.24) is 5.32 Å². The molecule has 1 aliphatic rings. The van der Waals surface area contributed by atoms with E-state index in [9.17, 15) is 14.7 Å². The van der Waals surface area contributed by atoms with Gasteiger partial charge in [-0.2, -0.15) is 0 Å². The number of amides is 1. The minimum absolute atomic E-state index is 0.0389. The van der Waals surface area contributed by atoms with E-state index in [0.29, 0.717) is 41.2 Å². The van der Waals surface area contributed by atoms with E-state index in [1.807, 2.05) is 25.1 Å². The van der Waals surface area contributed by atoms with Crippen LogP contribution in [0.1, 0.15) is 24.1 Å². The van der Waals surface area contributed by atoms with Crippen LogP contribution in [-0.4, -0.2) is 36.8 Å². The molecule has 2 heterocycles. The standard InChI is InChI=1S/C22H21NO7/c1-13(14-2-5-18-20(8-14)28-7-6-27-18)23-21(25)12-30-22(26)9-15-11-29-19-10-16(24)3-4-17(15)19/h2-5,8,10-11,13,24H,6-7,9,12H2,1H3,(H,23,25)/t13-/m1/s1. The summed E-state index contributed by atoms with van der Waals surface area (Å²) in [5.41, 5.74) is 1.95. The SMILES string of the molecule is C[C@@H](NC(=O)COC(=O)Cc1coc2cc(O)ccc12)c1ccc2c(c1)OCCO2. The van der Waals surface area contributed by atoms with Crippen molar-refractivity contribution in [1.29, 1.82) is 0 Å². The lowest BCUT2D eigenvalue weighted by atomic mass is 10.1. The molecule has 1 aliphatic heterocycles. The quantitative estimate of drug-likeness (QED) is 0.601. The number of esters is 1. The Bertz CT molecular complexity index is 1090. The Morgan fingerprint density at radius 2 is 1.93 bits per heavy atom. The minimum atomic E-state index is -0.548. The number of ether oxygens (including phenoxy) is 3. The van der Waals surface area contributed by atoms with Crippen LogP contribution in [0.25, 0.3) is 11.0 Å². The van der Waals surface area contributed by atoms with Crippen molar-refractivity contribution in [3.63, 3.8) is 0 Å². The zero-order valence-electron chi connectivity index (χ0n) is 16.3. The van der Waals surface area contributed by atoms with Crippen LogP contribution >= 0.6 is 0 Å². The maximum absolute atomic E-state index is 12.2. The van der Waals surface area contributed by atoms with Crippen molar-refractivity contribution in [3.05, 3.63) is 53.8 Å². The molecule has 2 aromatic carbocycles. The Balaban J connectivity index is 1.29. The van der Waals surface area contributed by atoms with Crippen molar-refractivity contribution in [2.24, 2.45) is 0 Å². The third-order valence-corrected chi connectivity index (χ3v) is 4.78. The normalized spacial score (nSPS) is 13.6. The summed E-state index contributed by atoms with van der Waals surface area (Å²) < 4.78 is 21.5. The highest BCUT2D eigenvalue weighted by Crippen LogP contribution is 2.32. The van der Waals surface area contributed by atoms with Crippen LogP contribution in [-0.2, 0) is 20.7 Å². The second-order valence-electron chi connectivity index (χ2n) is 6.97. The van der Waals surface area contributed by atoms with Crippen molar-refractivity contribution in [2.45, 2.75) is 19.4 Å². The van der Waals surface area contributed by atoms with Gasteiger partial charge in [0, 0.05) is 17.0 Å². The van der Waals surface area contributed by atoms with Crippen molar-refractivity contribution < 1.29 is 33.3 Å². The molecule has 0 saturated carbocycles. The Labute approximate surface area is 172 Å². The largest absolute Gasteiger partial charge is 0.508 e. The van der Waals surface area contributed by atoms with Gasteiger partial charge in [0.2, 0.25) is 0 Å². The van der Waals surface area contributed by atoms with E-state index in [-0.39, 0.29) is 24.8 Å². The molecule has 2 N–H and O–H groups in total. The maximum Gasteiger partial charge on any atom is 0.310 e. The van der Waals surface area contributed by atoms with E-state index in [2.05, 4.69) is 5.32 Å². The number of nitrogens with one attached hydrogen (secondary N) is 1. The number of phenols is 1. The van der Waals surface area contributed by atoms with Crippen molar-refractivity contribution in [3.8, 4) is 17.2 Å². The van der Waals surface area contributed by atoms with Crippen LogP contribution < -0.4 is 14.8 Å². The monoisotopic (exact) mass is 411 g/mol. The zero-order chi connectivity index (χ0) is 21.1.